The van der Waals surface area contributed by atoms with Crippen LogP contribution in [0.25, 0.3) is 0 Å². The molecule has 3 heterocycles. The lowest BCUT2D eigenvalue weighted by Crippen LogP contribution is -2.48. The zero-order chi connectivity index (χ0) is 22.2. The maximum Gasteiger partial charge on any atom is 0.0691 e. The Bertz CT molecular complexity index is 926. The summed E-state index contributed by atoms with van der Waals surface area (Å²) in [7, 11) is 0. The van der Waals surface area contributed by atoms with Crippen molar-refractivity contribution in [2.75, 3.05) is 19.7 Å². The molecule has 0 radical (unpaired) electrons. The molecule has 2 fully saturated rings. The van der Waals surface area contributed by atoms with Crippen molar-refractivity contribution in [1.29, 1.82) is 0 Å². The van der Waals surface area contributed by atoms with Gasteiger partial charge in [0.25, 0.3) is 0 Å². The van der Waals surface area contributed by atoms with Crippen LogP contribution in [0.1, 0.15) is 88.1 Å². The second kappa shape index (κ2) is 8.57. The van der Waals surface area contributed by atoms with Crippen molar-refractivity contribution in [3.8, 4) is 0 Å². The quantitative estimate of drug-likeness (QED) is 0.576. The normalized spacial score (nSPS) is 25.7. The van der Waals surface area contributed by atoms with E-state index in [1.54, 1.807) is 5.56 Å². The van der Waals surface area contributed by atoms with E-state index in [1.165, 1.54) is 61.9 Å². The highest BCUT2D eigenvalue weighted by Crippen LogP contribution is 2.49. The first-order valence-electron chi connectivity index (χ1n) is 12.8. The number of ether oxygens (including phenoxy) is 1. The summed E-state index contributed by atoms with van der Waals surface area (Å²) in [5, 5.41) is 0. The molecule has 2 aromatic rings. The minimum atomic E-state index is 0.103. The molecular formula is C29H40N2O. The predicted molar refractivity (Wildman–Crippen MR) is 131 cm³/mol. The van der Waals surface area contributed by atoms with Gasteiger partial charge in [0.15, 0.2) is 0 Å². The van der Waals surface area contributed by atoms with Crippen LogP contribution < -0.4 is 0 Å². The van der Waals surface area contributed by atoms with Crippen LogP contribution in [0.15, 0.2) is 42.6 Å². The number of hydrogen-bond acceptors (Lipinski definition) is 3. The molecule has 3 heteroatoms. The topological polar surface area (TPSA) is 25.4 Å². The zero-order valence-electron chi connectivity index (χ0n) is 20.3. The summed E-state index contributed by atoms with van der Waals surface area (Å²) in [5.74, 6) is 0. The van der Waals surface area contributed by atoms with E-state index in [0.717, 1.165) is 32.5 Å². The second-order valence-electron chi connectivity index (χ2n) is 11.7. The lowest BCUT2D eigenvalue weighted by atomic mass is 9.67. The highest BCUT2D eigenvalue weighted by Gasteiger charge is 2.48. The lowest BCUT2D eigenvalue weighted by molar-refractivity contribution is -0.105. The third kappa shape index (κ3) is 4.39. The number of aromatic nitrogens is 1. The third-order valence-electron chi connectivity index (χ3n) is 8.44. The van der Waals surface area contributed by atoms with Gasteiger partial charge in [-0.3, -0.25) is 9.88 Å². The van der Waals surface area contributed by atoms with Crippen molar-refractivity contribution < 1.29 is 4.74 Å². The van der Waals surface area contributed by atoms with Crippen molar-refractivity contribution in [1.82, 2.24) is 9.88 Å². The second-order valence-corrected chi connectivity index (χ2v) is 11.7. The average molecular weight is 433 g/mol. The Labute approximate surface area is 194 Å². The van der Waals surface area contributed by atoms with E-state index in [4.69, 9.17) is 9.72 Å². The Balaban J connectivity index is 1.35. The van der Waals surface area contributed by atoms with Crippen LogP contribution in [-0.4, -0.2) is 35.2 Å². The molecule has 1 saturated heterocycles. The summed E-state index contributed by atoms with van der Waals surface area (Å²) < 4.78 is 6.45. The molecule has 32 heavy (non-hydrogen) atoms. The smallest absolute Gasteiger partial charge is 0.0691 e. The van der Waals surface area contributed by atoms with E-state index >= 15 is 0 Å². The monoisotopic (exact) mass is 432 g/mol. The fraction of sp³-hybridized carbons (Fsp3) is 0.621. The summed E-state index contributed by atoms with van der Waals surface area (Å²) in [4.78, 5) is 7.58. The summed E-state index contributed by atoms with van der Waals surface area (Å²) >= 11 is 0. The predicted octanol–water partition coefficient (Wildman–Crippen LogP) is 6.19. The molecule has 5 rings (SSSR count). The summed E-state index contributed by atoms with van der Waals surface area (Å²) in [5.41, 5.74) is 6.29. The Morgan fingerprint density at radius 3 is 2.62 bits per heavy atom. The fourth-order valence-corrected chi connectivity index (χ4v) is 6.44. The van der Waals surface area contributed by atoms with Gasteiger partial charge in [-0.1, -0.05) is 57.9 Å². The van der Waals surface area contributed by atoms with E-state index in [1.807, 2.05) is 6.20 Å². The van der Waals surface area contributed by atoms with Gasteiger partial charge >= 0.3 is 0 Å². The van der Waals surface area contributed by atoms with Gasteiger partial charge in [-0.05, 0) is 79.3 Å². The van der Waals surface area contributed by atoms with Gasteiger partial charge in [-0.25, -0.2) is 0 Å². The van der Waals surface area contributed by atoms with Crippen LogP contribution in [0.3, 0.4) is 0 Å². The SMILES string of the molecule is CC(C)(C)c1ccc2c(c1)CN(CCC1(c3ccccn3)CCOC3(CCCC3)C1)CC2. The van der Waals surface area contributed by atoms with Gasteiger partial charge in [0.05, 0.1) is 5.60 Å². The molecule has 0 N–H and O–H groups in total. The van der Waals surface area contributed by atoms with Gasteiger partial charge < -0.3 is 4.74 Å². The summed E-state index contributed by atoms with van der Waals surface area (Å²) in [6.45, 7) is 11.2. The van der Waals surface area contributed by atoms with Crippen LogP contribution in [0.4, 0.5) is 0 Å². The molecule has 0 bridgehead atoms. The van der Waals surface area contributed by atoms with Gasteiger partial charge in [0, 0.05) is 37.0 Å². The summed E-state index contributed by atoms with van der Waals surface area (Å²) in [6, 6.07) is 13.7. The Morgan fingerprint density at radius 2 is 1.88 bits per heavy atom. The van der Waals surface area contributed by atoms with Crippen molar-refractivity contribution in [3.63, 3.8) is 0 Å². The van der Waals surface area contributed by atoms with Crippen LogP contribution in [0.2, 0.25) is 0 Å². The van der Waals surface area contributed by atoms with Gasteiger partial charge in [-0.2, -0.15) is 0 Å². The molecule has 1 spiro atoms. The first-order valence-corrected chi connectivity index (χ1v) is 12.8. The molecule has 3 nitrogen and oxygen atoms in total. The van der Waals surface area contributed by atoms with E-state index in [-0.39, 0.29) is 16.4 Å². The first-order chi connectivity index (χ1) is 15.4. The minimum absolute atomic E-state index is 0.103. The molecule has 3 aliphatic rings. The highest BCUT2D eigenvalue weighted by molar-refractivity contribution is 5.36. The van der Waals surface area contributed by atoms with Gasteiger partial charge in [-0.15, -0.1) is 0 Å². The average Bonchev–Trinajstić information content (AvgIpc) is 3.24. The van der Waals surface area contributed by atoms with Gasteiger partial charge in [0.1, 0.15) is 0 Å². The van der Waals surface area contributed by atoms with Crippen molar-refractivity contribution >= 4 is 0 Å². The number of fused-ring (bicyclic) bond motifs is 1. The van der Waals surface area contributed by atoms with Crippen LogP contribution in [-0.2, 0) is 28.5 Å². The molecule has 1 saturated carbocycles. The number of rotatable bonds is 4. The molecule has 2 aliphatic heterocycles. The number of benzene rings is 1. The maximum absolute atomic E-state index is 6.45. The van der Waals surface area contributed by atoms with E-state index in [9.17, 15) is 0 Å². The standard InChI is InChI=1S/C29H40N2O/c1-27(2,3)25-10-9-23-11-17-31(21-24(23)20-25)18-14-28(26-8-4-7-16-30-26)15-19-32-29(22-28)12-5-6-13-29/h4,7-10,16,20H,5-6,11-15,17-19,21-22H2,1-3H3. The highest BCUT2D eigenvalue weighted by atomic mass is 16.5. The number of hydrogen-bond donors (Lipinski definition) is 0. The van der Waals surface area contributed by atoms with E-state index in [0.29, 0.717) is 0 Å². The van der Waals surface area contributed by atoms with Gasteiger partial charge in [0.2, 0.25) is 0 Å². The number of pyridine rings is 1. The van der Waals surface area contributed by atoms with Crippen LogP contribution in [0, 0.1) is 0 Å². The lowest BCUT2D eigenvalue weighted by Gasteiger charge is -2.47. The van der Waals surface area contributed by atoms with Crippen molar-refractivity contribution in [2.24, 2.45) is 0 Å². The first kappa shape index (κ1) is 22.1. The molecule has 1 aromatic carbocycles. The molecule has 1 aromatic heterocycles. The van der Waals surface area contributed by atoms with Crippen LogP contribution >= 0.6 is 0 Å². The molecule has 172 valence electrons. The molecule has 0 amide bonds. The Kier molecular flexibility index (Phi) is 5.92. The van der Waals surface area contributed by atoms with E-state index < -0.39 is 0 Å². The third-order valence-corrected chi connectivity index (χ3v) is 8.44. The van der Waals surface area contributed by atoms with Crippen molar-refractivity contribution in [2.45, 2.75) is 95.1 Å². The van der Waals surface area contributed by atoms with Crippen molar-refractivity contribution in [3.05, 3.63) is 65.0 Å². The Hall–Kier alpha value is -1.71. The fourth-order valence-electron chi connectivity index (χ4n) is 6.44. The maximum atomic E-state index is 6.45. The number of nitrogens with zero attached hydrogens (tertiary/aromatic N) is 2. The molecule has 1 unspecified atom stereocenters. The largest absolute Gasteiger partial charge is 0.375 e. The van der Waals surface area contributed by atoms with E-state index in [2.05, 4.69) is 62.1 Å². The molecule has 1 atom stereocenters. The molecular weight excluding hydrogens is 392 g/mol. The minimum Gasteiger partial charge on any atom is -0.375 e. The zero-order valence-corrected chi connectivity index (χ0v) is 20.3. The molecule has 1 aliphatic carbocycles. The Morgan fingerprint density at radius 1 is 1.03 bits per heavy atom. The van der Waals surface area contributed by atoms with Crippen LogP contribution in [0.5, 0.6) is 0 Å². The summed E-state index contributed by atoms with van der Waals surface area (Å²) in [6.07, 6.45) is 11.7.